The molecule has 1 aliphatic heterocycles. The highest BCUT2D eigenvalue weighted by Gasteiger charge is 2.42. The van der Waals surface area contributed by atoms with Gasteiger partial charge in [0, 0.05) is 30.2 Å². The minimum Gasteiger partial charge on any atom is -0.445 e. The summed E-state index contributed by atoms with van der Waals surface area (Å²) in [5, 5.41) is 17.6. The van der Waals surface area contributed by atoms with Crippen molar-refractivity contribution in [2.24, 2.45) is 5.92 Å². The fourth-order valence-electron chi connectivity index (χ4n) is 6.99. The van der Waals surface area contributed by atoms with Crippen LogP contribution in [0.1, 0.15) is 97.1 Å². The van der Waals surface area contributed by atoms with Crippen molar-refractivity contribution in [3.8, 4) is 0 Å². The van der Waals surface area contributed by atoms with Gasteiger partial charge in [0.1, 0.15) is 18.2 Å². The van der Waals surface area contributed by atoms with Crippen molar-refractivity contribution in [3.63, 3.8) is 0 Å². The minimum atomic E-state index is -4.22. The monoisotopic (exact) mass is 820 g/mol. The first-order valence-corrected chi connectivity index (χ1v) is 21.5. The van der Waals surface area contributed by atoms with Gasteiger partial charge in [-0.1, -0.05) is 74.0 Å². The van der Waals surface area contributed by atoms with Crippen LogP contribution in [-0.2, 0) is 45.8 Å². The number of halogens is 1. The summed E-state index contributed by atoms with van der Waals surface area (Å²) in [6.45, 7) is 8.99. The number of aliphatic hydroxyl groups excluding tert-OH is 1. The summed E-state index contributed by atoms with van der Waals surface area (Å²) in [4.78, 5) is 57.5. The van der Waals surface area contributed by atoms with Crippen molar-refractivity contribution in [3.05, 3.63) is 64.7 Å². The highest BCUT2D eigenvalue weighted by molar-refractivity contribution is 7.54. The first-order valence-electron chi connectivity index (χ1n) is 19.5. The maximum Gasteiger partial charge on any atom is 0.410 e. The maximum absolute atomic E-state index is 14.2. The number of hydrogen-bond donors (Lipinski definition) is 3. The molecular weight excluding hydrogens is 763 g/mol. The number of para-hydroxylation sites is 1. The van der Waals surface area contributed by atoms with E-state index in [9.17, 15) is 28.8 Å². The molecule has 4 amide bonds. The molecule has 4 rings (SSSR count). The molecule has 3 N–H and O–H groups in total. The molecule has 56 heavy (non-hydrogen) atoms. The van der Waals surface area contributed by atoms with Crippen molar-refractivity contribution in [1.29, 1.82) is 0 Å². The first-order chi connectivity index (χ1) is 26.6. The second-order valence-corrected chi connectivity index (χ2v) is 17.7. The van der Waals surface area contributed by atoms with Crippen LogP contribution in [0.3, 0.4) is 0 Å². The van der Waals surface area contributed by atoms with Crippen LogP contribution in [0.4, 0.5) is 15.3 Å². The second kappa shape index (κ2) is 21.2. The molecule has 0 saturated heterocycles. The smallest absolute Gasteiger partial charge is 0.410 e. The van der Waals surface area contributed by atoms with E-state index < -0.39 is 49.2 Å². The Kier molecular flexibility index (Phi) is 17.0. The van der Waals surface area contributed by atoms with Crippen LogP contribution in [0, 0.1) is 5.92 Å². The van der Waals surface area contributed by atoms with Gasteiger partial charge in [-0.15, -0.1) is 0 Å². The van der Waals surface area contributed by atoms with E-state index in [0.29, 0.717) is 22.7 Å². The number of benzene rings is 2. The molecule has 1 heterocycles. The van der Waals surface area contributed by atoms with Crippen LogP contribution < -0.4 is 15.5 Å². The third-order valence-corrected chi connectivity index (χ3v) is 12.1. The molecule has 0 radical (unpaired) electrons. The molecular formula is C40H58ClN4O10P. The van der Waals surface area contributed by atoms with Gasteiger partial charge in [0.2, 0.25) is 11.8 Å². The Morgan fingerprint density at radius 1 is 0.964 bits per heavy atom. The van der Waals surface area contributed by atoms with Gasteiger partial charge in [-0.25, -0.2) is 9.59 Å². The second-order valence-electron chi connectivity index (χ2n) is 15.2. The number of amides is 4. The fraction of sp³-hybridized carbons (Fsp3) is 0.600. The number of alkyl carbamates (subject to hydrolysis) is 1. The summed E-state index contributed by atoms with van der Waals surface area (Å²) in [7, 11) is -4.22. The standard InChI is InChI=1S/C40H58ClN4O10P/c1-6-53-56(51,54-7-2)37(48)32(20-21-35(46)45-23-22-44(39(50)55-40(3,4)5)26-30-17-11-12-19-34(30)45)42-36(47)33(25-28-14-9-8-10-15-28)43-38(49)52-27-29-16-13-18-31(41)24-29/h11-13,16-19,24,28,32-33,37,48H,6-10,14-15,20-23,25-27H2,1-5H3,(H,42,47)(H,43,49)/t32-,33-,37?/m0/s1. The van der Waals surface area contributed by atoms with Crippen molar-refractivity contribution < 1.29 is 47.4 Å². The van der Waals surface area contributed by atoms with Gasteiger partial charge < -0.3 is 44.1 Å². The number of fused-ring (bicyclic) bond motifs is 1. The molecule has 0 spiro atoms. The predicted molar refractivity (Wildman–Crippen MR) is 213 cm³/mol. The van der Waals surface area contributed by atoms with Gasteiger partial charge in [0.05, 0.1) is 25.8 Å². The molecule has 0 bridgehead atoms. The molecule has 1 fully saturated rings. The van der Waals surface area contributed by atoms with Crippen LogP contribution in [0.15, 0.2) is 48.5 Å². The Morgan fingerprint density at radius 3 is 2.32 bits per heavy atom. The lowest BCUT2D eigenvalue weighted by Crippen LogP contribution is -2.53. The lowest BCUT2D eigenvalue weighted by Gasteiger charge is -2.32. The molecule has 310 valence electrons. The van der Waals surface area contributed by atoms with Crippen molar-refractivity contribution >= 4 is 48.9 Å². The van der Waals surface area contributed by atoms with Crippen LogP contribution >= 0.6 is 19.2 Å². The first kappa shape index (κ1) is 45.0. The quantitative estimate of drug-likeness (QED) is 0.144. The van der Waals surface area contributed by atoms with E-state index in [1.54, 1.807) is 80.8 Å². The van der Waals surface area contributed by atoms with Gasteiger partial charge in [-0.2, -0.15) is 0 Å². The van der Waals surface area contributed by atoms with E-state index in [-0.39, 0.29) is 64.1 Å². The Bertz CT molecular complexity index is 1670. The normalized spacial score (nSPS) is 16.8. The van der Waals surface area contributed by atoms with Crippen LogP contribution in [0.25, 0.3) is 0 Å². The number of aliphatic hydroxyl groups is 1. The molecule has 0 aromatic heterocycles. The number of carbonyl (C=O) groups excluding carboxylic acids is 4. The Balaban J connectivity index is 1.55. The molecule has 2 aliphatic rings. The highest BCUT2D eigenvalue weighted by atomic mass is 35.5. The summed E-state index contributed by atoms with van der Waals surface area (Å²) < 4.78 is 35.9. The number of rotatable bonds is 16. The average Bonchev–Trinajstić information content (AvgIpc) is 3.35. The number of nitrogens with zero attached hydrogens (tertiary/aromatic N) is 2. The van der Waals surface area contributed by atoms with Crippen LogP contribution in [-0.4, -0.2) is 83.8 Å². The Morgan fingerprint density at radius 2 is 1.66 bits per heavy atom. The number of anilines is 1. The van der Waals surface area contributed by atoms with Gasteiger partial charge in [-0.3, -0.25) is 14.2 Å². The van der Waals surface area contributed by atoms with Crippen molar-refractivity contribution in [1.82, 2.24) is 15.5 Å². The number of nitrogens with one attached hydrogen (secondary N) is 2. The molecule has 1 saturated carbocycles. The van der Waals surface area contributed by atoms with Gasteiger partial charge in [0.15, 0.2) is 5.85 Å². The van der Waals surface area contributed by atoms with Crippen LogP contribution in [0.2, 0.25) is 5.02 Å². The molecule has 3 atom stereocenters. The predicted octanol–water partition coefficient (Wildman–Crippen LogP) is 7.54. The van der Waals surface area contributed by atoms with Gasteiger partial charge in [-0.05, 0) is 82.7 Å². The molecule has 1 aliphatic carbocycles. The molecule has 2 aromatic carbocycles. The summed E-state index contributed by atoms with van der Waals surface area (Å²) >= 11 is 6.09. The van der Waals surface area contributed by atoms with E-state index >= 15 is 0 Å². The molecule has 1 unspecified atom stereocenters. The largest absolute Gasteiger partial charge is 0.445 e. The van der Waals surface area contributed by atoms with E-state index in [4.69, 9.17) is 30.1 Å². The average molecular weight is 821 g/mol. The van der Waals surface area contributed by atoms with Gasteiger partial charge in [0.25, 0.3) is 0 Å². The SMILES string of the molecule is CCOP(=O)(OCC)C(O)[C@H](CCC(=O)N1CCN(C(=O)OC(C)(C)C)Cc2ccccc21)NC(=O)[C@H](CC1CCCCC1)NC(=O)OCc1cccc(Cl)c1. The zero-order valence-electron chi connectivity index (χ0n) is 33.2. The van der Waals surface area contributed by atoms with Crippen molar-refractivity contribution in [2.75, 3.05) is 31.2 Å². The zero-order valence-corrected chi connectivity index (χ0v) is 34.8. The minimum absolute atomic E-state index is 0.0447. The highest BCUT2D eigenvalue weighted by Crippen LogP contribution is 2.53. The Hall–Kier alpha value is -3.68. The number of carbonyl (C=O) groups is 4. The van der Waals surface area contributed by atoms with E-state index in [2.05, 4.69) is 10.6 Å². The van der Waals surface area contributed by atoms with Gasteiger partial charge >= 0.3 is 19.8 Å². The third-order valence-electron chi connectivity index (χ3n) is 9.65. The third kappa shape index (κ3) is 13.5. The van der Waals surface area contributed by atoms with Crippen LogP contribution in [0.5, 0.6) is 0 Å². The lowest BCUT2D eigenvalue weighted by molar-refractivity contribution is -0.125. The molecule has 16 heteroatoms. The summed E-state index contributed by atoms with van der Waals surface area (Å²) in [6.07, 6.45) is 3.52. The number of hydrogen-bond acceptors (Lipinski definition) is 10. The summed E-state index contributed by atoms with van der Waals surface area (Å²) in [6, 6.07) is 11.8. The lowest BCUT2D eigenvalue weighted by atomic mass is 9.84. The van der Waals surface area contributed by atoms with E-state index in [0.717, 1.165) is 37.7 Å². The van der Waals surface area contributed by atoms with E-state index in [1.165, 1.54) is 0 Å². The van der Waals surface area contributed by atoms with Crippen molar-refractivity contribution in [2.45, 2.75) is 123 Å². The summed E-state index contributed by atoms with van der Waals surface area (Å²) in [5.74, 6) is -2.68. The fourth-order valence-corrected chi connectivity index (χ4v) is 8.96. The zero-order chi connectivity index (χ0) is 40.9. The molecule has 14 nitrogen and oxygen atoms in total. The Labute approximate surface area is 335 Å². The summed E-state index contributed by atoms with van der Waals surface area (Å²) in [5.41, 5.74) is 1.32. The topological polar surface area (TPSA) is 173 Å². The number of ether oxygens (including phenoxy) is 2. The maximum atomic E-state index is 14.2. The van der Waals surface area contributed by atoms with E-state index in [1.807, 2.05) is 12.1 Å². The molecule has 2 aromatic rings.